The Morgan fingerprint density at radius 2 is 1.39 bits per heavy atom. The monoisotopic (exact) mass is 424 g/mol. The Hall–Kier alpha value is -2.53. The first-order valence-electron chi connectivity index (χ1n) is 11.6. The van der Waals surface area contributed by atoms with Gasteiger partial charge in [0.15, 0.2) is 6.10 Å². The molecule has 0 heterocycles. The molecule has 0 radical (unpaired) electrons. The van der Waals surface area contributed by atoms with Crippen molar-refractivity contribution in [1.82, 2.24) is 0 Å². The van der Waals surface area contributed by atoms with Gasteiger partial charge in [-0.2, -0.15) is 10.2 Å². The molecule has 2 aromatic rings. The van der Waals surface area contributed by atoms with Gasteiger partial charge in [-0.3, -0.25) is 0 Å². The van der Waals surface area contributed by atoms with E-state index in [0.717, 1.165) is 24.9 Å². The first-order chi connectivity index (χ1) is 15.1. The highest BCUT2D eigenvalue weighted by Crippen LogP contribution is 2.22. The van der Waals surface area contributed by atoms with E-state index in [4.69, 9.17) is 9.47 Å². The molecule has 2 rings (SSSR count). The van der Waals surface area contributed by atoms with Gasteiger partial charge in [-0.1, -0.05) is 58.1 Å². The zero-order chi connectivity index (χ0) is 22.3. The number of aryl methyl sites for hydroxylation is 1. The lowest BCUT2D eigenvalue weighted by Crippen LogP contribution is -2.26. The molecule has 0 N–H and O–H groups in total. The Morgan fingerprint density at radius 1 is 0.806 bits per heavy atom. The van der Waals surface area contributed by atoms with Crippen LogP contribution in [0.25, 0.3) is 0 Å². The highest BCUT2D eigenvalue weighted by atomic mass is 16.6. The standard InChI is InChI=1S/C26H36N2O3/c1-4-6-8-9-10-11-22-12-14-23(15-13-22)27-28-24-16-18-25(19-17-24)31-26(29)21(3)30-20-7-5-2/h12-19,21H,4-11,20H2,1-3H3/b28-27+. The normalized spacial score (nSPS) is 12.2. The van der Waals surface area contributed by atoms with Crippen molar-refractivity contribution in [2.24, 2.45) is 10.2 Å². The number of rotatable bonds is 14. The van der Waals surface area contributed by atoms with Crippen molar-refractivity contribution in [2.45, 2.75) is 78.2 Å². The summed E-state index contributed by atoms with van der Waals surface area (Å²) in [7, 11) is 0. The Labute approximate surface area is 186 Å². The quantitative estimate of drug-likeness (QED) is 0.135. The molecule has 0 aliphatic rings. The second kappa shape index (κ2) is 14.5. The summed E-state index contributed by atoms with van der Waals surface area (Å²) in [6.45, 7) is 6.59. The third-order valence-electron chi connectivity index (χ3n) is 5.04. The molecule has 5 heteroatoms. The fraction of sp³-hybridized carbons (Fsp3) is 0.500. The number of hydrogen-bond acceptors (Lipinski definition) is 5. The van der Waals surface area contributed by atoms with Crippen LogP contribution in [0.4, 0.5) is 11.4 Å². The maximum absolute atomic E-state index is 12.1. The molecule has 0 aromatic heterocycles. The van der Waals surface area contributed by atoms with E-state index >= 15 is 0 Å². The van der Waals surface area contributed by atoms with E-state index in [-0.39, 0.29) is 0 Å². The summed E-state index contributed by atoms with van der Waals surface area (Å²) in [6.07, 6.45) is 8.96. The molecule has 0 amide bonds. The van der Waals surface area contributed by atoms with Crippen molar-refractivity contribution in [2.75, 3.05) is 6.61 Å². The van der Waals surface area contributed by atoms with Gasteiger partial charge in [0.2, 0.25) is 0 Å². The Morgan fingerprint density at radius 3 is 2.00 bits per heavy atom. The van der Waals surface area contributed by atoms with Crippen molar-refractivity contribution in [3.05, 3.63) is 54.1 Å². The molecular formula is C26H36N2O3. The minimum absolute atomic E-state index is 0.393. The summed E-state index contributed by atoms with van der Waals surface area (Å²) in [5.74, 6) is 0.0779. The van der Waals surface area contributed by atoms with E-state index in [1.54, 1.807) is 31.2 Å². The van der Waals surface area contributed by atoms with Gasteiger partial charge in [0.05, 0.1) is 11.4 Å². The number of ether oxygens (including phenoxy) is 2. The molecule has 1 atom stereocenters. The van der Waals surface area contributed by atoms with Crippen LogP contribution in [0.3, 0.4) is 0 Å². The van der Waals surface area contributed by atoms with E-state index < -0.39 is 12.1 Å². The fourth-order valence-electron chi connectivity index (χ4n) is 3.03. The van der Waals surface area contributed by atoms with Crippen LogP contribution < -0.4 is 4.74 Å². The van der Waals surface area contributed by atoms with Gasteiger partial charge in [0.25, 0.3) is 0 Å². The second-order valence-electron chi connectivity index (χ2n) is 7.81. The smallest absolute Gasteiger partial charge is 0.340 e. The summed E-state index contributed by atoms with van der Waals surface area (Å²) in [6, 6.07) is 15.2. The molecule has 0 saturated carbocycles. The highest BCUT2D eigenvalue weighted by Gasteiger charge is 2.15. The van der Waals surface area contributed by atoms with Crippen molar-refractivity contribution < 1.29 is 14.3 Å². The molecule has 1 unspecified atom stereocenters. The molecule has 0 aliphatic carbocycles. The second-order valence-corrected chi connectivity index (χ2v) is 7.81. The van der Waals surface area contributed by atoms with Crippen LogP contribution in [0.5, 0.6) is 5.75 Å². The van der Waals surface area contributed by atoms with E-state index in [2.05, 4.69) is 36.2 Å². The topological polar surface area (TPSA) is 60.2 Å². The molecule has 168 valence electrons. The van der Waals surface area contributed by atoms with Gasteiger partial charge >= 0.3 is 5.97 Å². The van der Waals surface area contributed by atoms with Gasteiger partial charge in [-0.05, 0) is 68.1 Å². The van der Waals surface area contributed by atoms with Gasteiger partial charge in [0.1, 0.15) is 5.75 Å². The number of nitrogens with zero attached hydrogens (tertiary/aromatic N) is 2. The van der Waals surface area contributed by atoms with Crippen molar-refractivity contribution in [3.8, 4) is 5.75 Å². The molecule has 0 spiro atoms. The van der Waals surface area contributed by atoms with Crippen LogP contribution in [0.15, 0.2) is 58.8 Å². The maximum Gasteiger partial charge on any atom is 0.340 e. The van der Waals surface area contributed by atoms with Crippen LogP contribution in [-0.4, -0.2) is 18.7 Å². The molecule has 31 heavy (non-hydrogen) atoms. The maximum atomic E-state index is 12.1. The summed E-state index contributed by atoms with van der Waals surface area (Å²) in [5.41, 5.74) is 2.87. The molecular weight excluding hydrogens is 388 g/mol. The minimum atomic E-state index is -0.578. The van der Waals surface area contributed by atoms with E-state index in [0.29, 0.717) is 18.0 Å². The van der Waals surface area contributed by atoms with Gasteiger partial charge in [0, 0.05) is 6.61 Å². The number of carbonyl (C=O) groups is 1. The summed E-state index contributed by atoms with van der Waals surface area (Å²) in [5, 5.41) is 8.56. The lowest BCUT2D eigenvalue weighted by Gasteiger charge is -2.12. The summed E-state index contributed by atoms with van der Waals surface area (Å²) < 4.78 is 10.8. The van der Waals surface area contributed by atoms with Crippen molar-refractivity contribution in [3.63, 3.8) is 0 Å². The third kappa shape index (κ3) is 9.88. The lowest BCUT2D eigenvalue weighted by atomic mass is 10.1. The summed E-state index contributed by atoms with van der Waals surface area (Å²) in [4.78, 5) is 12.1. The number of esters is 1. The van der Waals surface area contributed by atoms with Crippen LogP contribution in [-0.2, 0) is 16.0 Å². The van der Waals surface area contributed by atoms with Gasteiger partial charge in [-0.25, -0.2) is 4.79 Å². The predicted octanol–water partition coefficient (Wildman–Crippen LogP) is 7.73. The Kier molecular flexibility index (Phi) is 11.5. The zero-order valence-electron chi connectivity index (χ0n) is 19.2. The van der Waals surface area contributed by atoms with Crippen LogP contribution in [0, 0.1) is 0 Å². The van der Waals surface area contributed by atoms with Crippen LogP contribution in [0.1, 0.15) is 71.3 Å². The number of benzene rings is 2. The average molecular weight is 425 g/mol. The number of carbonyl (C=O) groups excluding carboxylic acids is 1. The van der Waals surface area contributed by atoms with Crippen LogP contribution in [0.2, 0.25) is 0 Å². The number of unbranched alkanes of at least 4 members (excludes halogenated alkanes) is 5. The molecule has 2 aromatic carbocycles. The molecule has 5 nitrogen and oxygen atoms in total. The Bertz CT molecular complexity index is 785. The first-order valence-corrected chi connectivity index (χ1v) is 11.6. The number of azo groups is 1. The van der Waals surface area contributed by atoms with Crippen molar-refractivity contribution >= 4 is 17.3 Å². The summed E-state index contributed by atoms with van der Waals surface area (Å²) >= 11 is 0. The lowest BCUT2D eigenvalue weighted by molar-refractivity contribution is -0.146. The van der Waals surface area contributed by atoms with E-state index in [9.17, 15) is 4.79 Å². The molecule has 0 aliphatic heterocycles. The van der Waals surface area contributed by atoms with Gasteiger partial charge in [-0.15, -0.1) is 0 Å². The number of hydrogen-bond donors (Lipinski definition) is 0. The van der Waals surface area contributed by atoms with E-state index in [1.807, 2.05) is 12.1 Å². The SMILES string of the molecule is CCCCCCCc1ccc(/N=N/c2ccc(OC(=O)C(C)OCCCC)cc2)cc1. The molecule has 0 bridgehead atoms. The fourth-order valence-corrected chi connectivity index (χ4v) is 3.03. The minimum Gasteiger partial charge on any atom is -0.425 e. The Balaban J connectivity index is 1.79. The average Bonchev–Trinajstić information content (AvgIpc) is 2.79. The molecule has 0 saturated heterocycles. The van der Waals surface area contributed by atoms with E-state index in [1.165, 1.54) is 37.7 Å². The zero-order valence-corrected chi connectivity index (χ0v) is 19.2. The van der Waals surface area contributed by atoms with Gasteiger partial charge < -0.3 is 9.47 Å². The first kappa shape index (κ1) is 24.7. The largest absolute Gasteiger partial charge is 0.425 e. The van der Waals surface area contributed by atoms with Crippen molar-refractivity contribution in [1.29, 1.82) is 0 Å². The highest BCUT2D eigenvalue weighted by molar-refractivity contribution is 5.76. The third-order valence-corrected chi connectivity index (χ3v) is 5.04. The van der Waals surface area contributed by atoms with Crippen LogP contribution >= 0.6 is 0 Å². The predicted molar refractivity (Wildman–Crippen MR) is 125 cm³/mol. The molecule has 0 fully saturated rings.